The Balaban J connectivity index is 1.53. The highest BCUT2D eigenvalue weighted by atomic mass is 32.2. The molecule has 0 bridgehead atoms. The third kappa shape index (κ3) is 7.68. The van der Waals surface area contributed by atoms with Gasteiger partial charge in [-0.05, 0) is 78.9 Å². The van der Waals surface area contributed by atoms with E-state index >= 15 is 0 Å². The zero-order chi connectivity index (χ0) is 27.0. The van der Waals surface area contributed by atoms with E-state index in [1.165, 1.54) is 19.1 Å². The number of thioether (sulfide) groups is 1. The molecule has 0 saturated heterocycles. The first-order valence-electron chi connectivity index (χ1n) is 11.5. The summed E-state index contributed by atoms with van der Waals surface area (Å²) in [4.78, 5) is 12.0. The first kappa shape index (κ1) is 26.4. The van der Waals surface area contributed by atoms with Crippen molar-refractivity contribution in [3.63, 3.8) is 0 Å². The highest BCUT2D eigenvalue weighted by molar-refractivity contribution is 8.13. The van der Waals surface area contributed by atoms with Gasteiger partial charge in [-0.15, -0.1) is 0 Å². The van der Waals surface area contributed by atoms with Gasteiger partial charge in [-0.25, -0.2) is 0 Å². The molecule has 0 amide bonds. The van der Waals surface area contributed by atoms with Crippen LogP contribution in [0.15, 0.2) is 102 Å². The molecule has 0 atom stereocenters. The molecular formula is C33H19F3OS. The summed E-state index contributed by atoms with van der Waals surface area (Å²) in [5.41, 5.74) is 2.16. The number of rotatable bonds is 1. The molecule has 1 nitrogen and oxygen atoms in total. The second-order valence-electron chi connectivity index (χ2n) is 8.07. The Hall–Kier alpha value is -4.63. The van der Waals surface area contributed by atoms with Crippen molar-refractivity contribution in [1.29, 1.82) is 0 Å². The summed E-state index contributed by atoms with van der Waals surface area (Å²) >= 11 is 1.10. The van der Waals surface area contributed by atoms with Gasteiger partial charge in [0.05, 0.1) is 5.56 Å². The Morgan fingerprint density at radius 3 is 1.58 bits per heavy atom. The second kappa shape index (κ2) is 12.1. The molecular weight excluding hydrogens is 501 g/mol. The van der Waals surface area contributed by atoms with Crippen LogP contribution in [0.25, 0.3) is 0 Å². The Morgan fingerprint density at radius 2 is 1.05 bits per heavy atom. The summed E-state index contributed by atoms with van der Waals surface area (Å²) in [6, 6.07) is 27.4. The first-order chi connectivity index (χ1) is 18.3. The molecule has 4 aromatic rings. The van der Waals surface area contributed by atoms with Crippen molar-refractivity contribution in [3.05, 3.63) is 136 Å². The van der Waals surface area contributed by atoms with E-state index in [0.717, 1.165) is 33.9 Å². The van der Waals surface area contributed by atoms with E-state index in [0.29, 0.717) is 11.1 Å². The lowest BCUT2D eigenvalue weighted by Gasteiger charge is -2.09. The highest BCUT2D eigenvalue weighted by Gasteiger charge is 2.33. The number of halogens is 3. The Labute approximate surface area is 224 Å². The van der Waals surface area contributed by atoms with E-state index < -0.39 is 11.7 Å². The standard InChI is InChI=1S/C33H19F3OS/c1-24(37)38-31-21-17-28(18-22-31)13-14-29-16-20-30(32(23-29)33(34,35)36)19-15-27-11-9-26(10-12-27)8-7-25-5-3-2-4-6-25/h2-6,9-12,16-18,20-23H,1H3. The summed E-state index contributed by atoms with van der Waals surface area (Å²) in [6.07, 6.45) is -4.58. The molecule has 0 N–H and O–H groups in total. The fraction of sp³-hybridized carbons (Fsp3) is 0.0606. The lowest BCUT2D eigenvalue weighted by Crippen LogP contribution is -2.08. The molecule has 0 fully saturated rings. The normalized spacial score (nSPS) is 10.2. The minimum absolute atomic E-state index is 0.0307. The zero-order valence-corrected chi connectivity index (χ0v) is 21.0. The summed E-state index contributed by atoms with van der Waals surface area (Å²) in [5.74, 6) is 17.2. The average molecular weight is 521 g/mol. The molecule has 0 heterocycles. The summed E-state index contributed by atoms with van der Waals surface area (Å²) in [7, 11) is 0. The topological polar surface area (TPSA) is 17.1 Å². The van der Waals surface area contributed by atoms with Crippen molar-refractivity contribution >= 4 is 16.9 Å². The SMILES string of the molecule is CC(=O)Sc1ccc(C#Cc2ccc(C#Cc3ccc(C#Cc4ccccc4)cc3)c(C(F)(F)F)c2)cc1. The van der Waals surface area contributed by atoms with Crippen LogP contribution in [0.4, 0.5) is 13.2 Å². The van der Waals surface area contributed by atoms with Crippen LogP contribution in [0, 0.1) is 35.5 Å². The van der Waals surface area contributed by atoms with Crippen molar-refractivity contribution in [2.24, 2.45) is 0 Å². The van der Waals surface area contributed by atoms with Crippen LogP contribution >= 0.6 is 11.8 Å². The van der Waals surface area contributed by atoms with E-state index in [1.54, 1.807) is 48.5 Å². The molecule has 0 saturated carbocycles. The van der Waals surface area contributed by atoms with Crippen LogP contribution in [-0.4, -0.2) is 5.12 Å². The van der Waals surface area contributed by atoms with Gasteiger partial charge in [0.25, 0.3) is 0 Å². The van der Waals surface area contributed by atoms with Crippen molar-refractivity contribution in [2.75, 3.05) is 0 Å². The van der Waals surface area contributed by atoms with Gasteiger partial charge >= 0.3 is 6.18 Å². The van der Waals surface area contributed by atoms with Gasteiger partial charge in [-0.1, -0.05) is 65.5 Å². The van der Waals surface area contributed by atoms with Crippen molar-refractivity contribution < 1.29 is 18.0 Å². The Bertz CT molecular complexity index is 1630. The van der Waals surface area contributed by atoms with E-state index in [2.05, 4.69) is 35.5 Å². The number of carbonyl (C=O) groups is 1. The first-order valence-corrected chi connectivity index (χ1v) is 12.3. The van der Waals surface area contributed by atoms with Crippen LogP contribution in [0.5, 0.6) is 0 Å². The molecule has 0 unspecified atom stereocenters. The fourth-order valence-corrected chi connectivity index (χ4v) is 3.93. The van der Waals surface area contributed by atoms with Crippen LogP contribution in [0.3, 0.4) is 0 Å². The molecule has 0 aliphatic carbocycles. The molecule has 184 valence electrons. The summed E-state index contributed by atoms with van der Waals surface area (Å²) in [6.45, 7) is 1.48. The maximum atomic E-state index is 13.8. The van der Waals surface area contributed by atoms with E-state index in [9.17, 15) is 18.0 Å². The van der Waals surface area contributed by atoms with E-state index in [4.69, 9.17) is 0 Å². The van der Waals surface area contributed by atoms with Gasteiger partial charge < -0.3 is 0 Å². The van der Waals surface area contributed by atoms with Gasteiger partial charge in [-0.2, -0.15) is 13.2 Å². The maximum Gasteiger partial charge on any atom is 0.417 e. The number of hydrogen-bond donors (Lipinski definition) is 0. The Kier molecular flexibility index (Phi) is 8.40. The monoisotopic (exact) mass is 520 g/mol. The Morgan fingerprint density at radius 1 is 0.605 bits per heavy atom. The summed E-state index contributed by atoms with van der Waals surface area (Å²) < 4.78 is 41.3. The number of hydrogen-bond acceptors (Lipinski definition) is 2. The smallest absolute Gasteiger partial charge is 0.287 e. The number of benzene rings is 4. The van der Waals surface area contributed by atoms with Crippen molar-refractivity contribution in [1.82, 2.24) is 0 Å². The molecule has 4 rings (SSSR count). The van der Waals surface area contributed by atoms with Crippen LogP contribution in [0.1, 0.15) is 45.9 Å². The van der Waals surface area contributed by atoms with Gasteiger partial charge in [0, 0.05) is 45.2 Å². The third-order valence-electron chi connectivity index (χ3n) is 5.14. The number of carbonyl (C=O) groups excluding carboxylic acids is 1. The quantitative estimate of drug-likeness (QED) is 0.191. The largest absolute Gasteiger partial charge is 0.417 e. The lowest BCUT2D eigenvalue weighted by atomic mass is 10.0. The molecule has 0 spiro atoms. The second-order valence-corrected chi connectivity index (χ2v) is 9.32. The van der Waals surface area contributed by atoms with Gasteiger partial charge in [0.1, 0.15) is 0 Å². The maximum absolute atomic E-state index is 13.8. The molecule has 0 aliphatic heterocycles. The molecule has 0 radical (unpaired) electrons. The summed E-state index contributed by atoms with van der Waals surface area (Å²) in [5, 5.41) is -0.0307. The molecule has 38 heavy (non-hydrogen) atoms. The predicted octanol–water partition coefficient (Wildman–Crippen LogP) is 7.54. The minimum atomic E-state index is -4.58. The minimum Gasteiger partial charge on any atom is -0.287 e. The highest BCUT2D eigenvalue weighted by Crippen LogP contribution is 2.32. The van der Waals surface area contributed by atoms with Crippen LogP contribution in [0.2, 0.25) is 0 Å². The lowest BCUT2D eigenvalue weighted by molar-refractivity contribution is -0.137. The van der Waals surface area contributed by atoms with Crippen LogP contribution < -0.4 is 0 Å². The van der Waals surface area contributed by atoms with Gasteiger partial charge in [0.2, 0.25) is 0 Å². The molecule has 4 aromatic carbocycles. The van der Waals surface area contributed by atoms with E-state index in [-0.39, 0.29) is 16.2 Å². The molecule has 5 heteroatoms. The fourth-order valence-electron chi connectivity index (χ4n) is 3.32. The van der Waals surface area contributed by atoms with E-state index in [1.807, 2.05) is 30.3 Å². The molecule has 0 aliphatic rings. The van der Waals surface area contributed by atoms with Crippen molar-refractivity contribution in [3.8, 4) is 35.5 Å². The van der Waals surface area contributed by atoms with Gasteiger partial charge in [0.15, 0.2) is 5.12 Å². The zero-order valence-electron chi connectivity index (χ0n) is 20.2. The van der Waals surface area contributed by atoms with Crippen molar-refractivity contribution in [2.45, 2.75) is 18.0 Å². The van der Waals surface area contributed by atoms with Gasteiger partial charge in [-0.3, -0.25) is 4.79 Å². The third-order valence-corrected chi connectivity index (χ3v) is 5.94. The van der Waals surface area contributed by atoms with Crippen LogP contribution in [-0.2, 0) is 11.0 Å². The number of alkyl halides is 3. The predicted molar refractivity (Wildman–Crippen MR) is 145 cm³/mol. The molecule has 0 aromatic heterocycles. The average Bonchev–Trinajstić information content (AvgIpc) is 2.91.